The van der Waals surface area contributed by atoms with Crippen LogP contribution in [0, 0.1) is 5.82 Å². The zero-order valence-corrected chi connectivity index (χ0v) is 9.56. The third kappa shape index (κ3) is 2.10. The van der Waals surface area contributed by atoms with Gasteiger partial charge in [0.15, 0.2) is 5.82 Å². The van der Waals surface area contributed by atoms with Gasteiger partial charge in [0.2, 0.25) is 0 Å². The van der Waals surface area contributed by atoms with Gasteiger partial charge in [-0.1, -0.05) is 11.6 Å². The largest absolute Gasteiger partial charge is 0.478 e. The summed E-state index contributed by atoms with van der Waals surface area (Å²) in [7, 11) is 0. The van der Waals surface area contributed by atoms with Crippen LogP contribution in [0.1, 0.15) is 10.4 Å². The van der Waals surface area contributed by atoms with E-state index >= 15 is 0 Å². The smallest absolute Gasteiger partial charge is 0.335 e. The van der Waals surface area contributed by atoms with Crippen molar-refractivity contribution in [1.29, 1.82) is 0 Å². The van der Waals surface area contributed by atoms with E-state index in [2.05, 4.69) is 5.10 Å². The molecule has 1 aromatic heterocycles. The van der Waals surface area contributed by atoms with Crippen LogP contribution in [0.25, 0.3) is 5.69 Å². The molecule has 5 nitrogen and oxygen atoms in total. The normalized spacial score (nSPS) is 10.3. The van der Waals surface area contributed by atoms with E-state index in [-0.39, 0.29) is 5.56 Å². The molecule has 0 aliphatic carbocycles. The number of aromatic nitrogens is 2. The Morgan fingerprint density at radius 1 is 1.33 bits per heavy atom. The molecule has 0 aliphatic rings. The molecular formula is C11H6ClFN2O3. The Bertz CT molecular complexity index is 667. The van der Waals surface area contributed by atoms with Crippen molar-refractivity contribution in [3.05, 3.63) is 57.2 Å². The number of nitrogens with zero attached hydrogens (tertiary/aromatic N) is 2. The lowest BCUT2D eigenvalue weighted by atomic mass is 10.2. The van der Waals surface area contributed by atoms with E-state index in [4.69, 9.17) is 16.7 Å². The standard InChI is InChI=1S/C11H6ClFN2O3/c12-9-8(13)5-14-15(10(9)16)7-3-1-6(2-4-7)11(17)18/h1-5H,(H,17,18). The number of rotatable bonds is 2. The molecule has 2 aromatic rings. The quantitative estimate of drug-likeness (QED) is 0.900. The molecule has 0 unspecified atom stereocenters. The van der Waals surface area contributed by atoms with Gasteiger partial charge in [0.05, 0.1) is 17.4 Å². The Hall–Kier alpha value is -2.21. The van der Waals surface area contributed by atoms with Crippen molar-refractivity contribution in [3.63, 3.8) is 0 Å². The minimum Gasteiger partial charge on any atom is -0.478 e. The van der Waals surface area contributed by atoms with Crippen LogP contribution in [0.15, 0.2) is 35.3 Å². The van der Waals surface area contributed by atoms with Crippen molar-refractivity contribution in [1.82, 2.24) is 9.78 Å². The summed E-state index contributed by atoms with van der Waals surface area (Å²) >= 11 is 5.47. The topological polar surface area (TPSA) is 72.2 Å². The van der Waals surface area contributed by atoms with Gasteiger partial charge in [0.25, 0.3) is 5.56 Å². The molecule has 18 heavy (non-hydrogen) atoms. The summed E-state index contributed by atoms with van der Waals surface area (Å²) in [6.45, 7) is 0. The third-order valence-electron chi connectivity index (χ3n) is 2.24. The molecule has 92 valence electrons. The fourth-order valence-corrected chi connectivity index (χ4v) is 1.47. The van der Waals surface area contributed by atoms with Crippen LogP contribution in [0.4, 0.5) is 4.39 Å². The van der Waals surface area contributed by atoms with Gasteiger partial charge in [0, 0.05) is 0 Å². The van der Waals surface area contributed by atoms with Crippen molar-refractivity contribution >= 4 is 17.6 Å². The molecule has 0 amide bonds. The summed E-state index contributed by atoms with van der Waals surface area (Å²) in [5, 5.41) is 11.7. The van der Waals surface area contributed by atoms with Gasteiger partial charge < -0.3 is 5.11 Å². The zero-order valence-electron chi connectivity index (χ0n) is 8.80. The highest BCUT2D eigenvalue weighted by atomic mass is 35.5. The van der Waals surface area contributed by atoms with Crippen LogP contribution >= 0.6 is 11.6 Å². The van der Waals surface area contributed by atoms with Crippen LogP contribution in [-0.2, 0) is 0 Å². The first-order valence-corrected chi connectivity index (χ1v) is 5.15. The summed E-state index contributed by atoms with van der Waals surface area (Å²) in [6.07, 6.45) is 0.814. The molecule has 0 aliphatic heterocycles. The third-order valence-corrected chi connectivity index (χ3v) is 2.58. The van der Waals surface area contributed by atoms with E-state index in [1.54, 1.807) is 0 Å². The Morgan fingerprint density at radius 2 is 1.94 bits per heavy atom. The molecule has 1 N–H and O–H groups in total. The summed E-state index contributed by atoms with van der Waals surface area (Å²) in [6, 6.07) is 5.38. The number of carboxylic acids is 1. The van der Waals surface area contributed by atoms with Crippen molar-refractivity contribution in [3.8, 4) is 5.69 Å². The molecule has 0 fully saturated rings. The minimum absolute atomic E-state index is 0.0695. The zero-order chi connectivity index (χ0) is 13.3. The van der Waals surface area contributed by atoms with Crippen LogP contribution in [0.3, 0.4) is 0 Å². The molecule has 1 aromatic carbocycles. The molecule has 7 heteroatoms. The van der Waals surface area contributed by atoms with E-state index in [9.17, 15) is 14.0 Å². The maximum atomic E-state index is 13.0. The SMILES string of the molecule is O=C(O)c1ccc(-n2ncc(F)c(Cl)c2=O)cc1. The Morgan fingerprint density at radius 3 is 2.50 bits per heavy atom. The molecule has 1 heterocycles. The van der Waals surface area contributed by atoms with E-state index in [1.807, 2.05) is 0 Å². The number of halogens is 2. The average molecular weight is 269 g/mol. The number of carboxylic acid groups (broad SMARTS) is 1. The van der Waals surface area contributed by atoms with Crippen molar-refractivity contribution in [2.45, 2.75) is 0 Å². The Balaban J connectivity index is 2.53. The monoisotopic (exact) mass is 268 g/mol. The Labute approximate surface area is 105 Å². The molecular weight excluding hydrogens is 263 g/mol. The fourth-order valence-electron chi connectivity index (χ4n) is 1.34. The number of carbonyl (C=O) groups is 1. The predicted octanol–water partition coefficient (Wildman–Crippen LogP) is 1.72. The van der Waals surface area contributed by atoms with E-state index < -0.39 is 22.4 Å². The van der Waals surface area contributed by atoms with Crippen molar-refractivity contribution < 1.29 is 14.3 Å². The molecule has 0 bridgehead atoms. The van der Waals surface area contributed by atoms with Crippen molar-refractivity contribution in [2.24, 2.45) is 0 Å². The maximum absolute atomic E-state index is 13.0. The van der Waals surface area contributed by atoms with E-state index in [0.717, 1.165) is 10.9 Å². The Kier molecular flexibility index (Phi) is 3.12. The van der Waals surface area contributed by atoms with Crippen LogP contribution in [0.5, 0.6) is 0 Å². The maximum Gasteiger partial charge on any atom is 0.335 e. The van der Waals surface area contributed by atoms with Crippen LogP contribution in [0.2, 0.25) is 5.02 Å². The van der Waals surface area contributed by atoms with Gasteiger partial charge >= 0.3 is 5.97 Å². The predicted molar refractivity (Wildman–Crippen MR) is 61.8 cm³/mol. The second-order valence-corrected chi connectivity index (χ2v) is 3.75. The summed E-state index contributed by atoms with van der Waals surface area (Å²) in [5.74, 6) is -1.99. The summed E-state index contributed by atoms with van der Waals surface area (Å²) < 4.78 is 13.8. The molecule has 0 saturated carbocycles. The van der Waals surface area contributed by atoms with Gasteiger partial charge in [-0.3, -0.25) is 4.79 Å². The first kappa shape index (κ1) is 12.3. The highest BCUT2D eigenvalue weighted by molar-refractivity contribution is 6.30. The number of hydrogen-bond donors (Lipinski definition) is 1. The van der Waals surface area contributed by atoms with Gasteiger partial charge in [-0.05, 0) is 24.3 Å². The summed E-state index contributed by atoms with van der Waals surface area (Å²) in [4.78, 5) is 22.3. The fraction of sp³-hybridized carbons (Fsp3) is 0. The van der Waals surface area contributed by atoms with Gasteiger partial charge in [-0.2, -0.15) is 9.78 Å². The average Bonchev–Trinajstić information content (AvgIpc) is 2.36. The number of aromatic carboxylic acids is 1. The van der Waals surface area contributed by atoms with Crippen LogP contribution in [-0.4, -0.2) is 20.9 Å². The van der Waals surface area contributed by atoms with Crippen LogP contribution < -0.4 is 5.56 Å². The lowest BCUT2D eigenvalue weighted by Gasteiger charge is -2.05. The lowest BCUT2D eigenvalue weighted by molar-refractivity contribution is 0.0697. The van der Waals surface area contributed by atoms with Gasteiger partial charge in [-0.15, -0.1) is 0 Å². The molecule has 0 atom stereocenters. The molecule has 0 spiro atoms. The minimum atomic E-state index is -1.08. The lowest BCUT2D eigenvalue weighted by Crippen LogP contribution is -2.22. The highest BCUT2D eigenvalue weighted by Gasteiger charge is 2.10. The first-order chi connectivity index (χ1) is 8.50. The second kappa shape index (κ2) is 4.58. The summed E-state index contributed by atoms with van der Waals surface area (Å²) in [5.41, 5.74) is -0.438. The highest BCUT2D eigenvalue weighted by Crippen LogP contribution is 2.10. The molecule has 0 saturated heterocycles. The number of benzene rings is 1. The van der Waals surface area contributed by atoms with E-state index in [1.165, 1.54) is 24.3 Å². The molecule has 0 radical (unpaired) electrons. The number of hydrogen-bond acceptors (Lipinski definition) is 3. The van der Waals surface area contributed by atoms with Crippen molar-refractivity contribution in [2.75, 3.05) is 0 Å². The van der Waals surface area contributed by atoms with Gasteiger partial charge in [0.1, 0.15) is 5.02 Å². The first-order valence-electron chi connectivity index (χ1n) is 4.78. The second-order valence-electron chi connectivity index (χ2n) is 3.38. The van der Waals surface area contributed by atoms with Gasteiger partial charge in [-0.25, -0.2) is 9.18 Å². The van der Waals surface area contributed by atoms with E-state index in [0.29, 0.717) is 5.69 Å². The molecule has 2 rings (SSSR count).